The molecule has 1 atom stereocenters. The first-order valence-corrected chi connectivity index (χ1v) is 9.63. The molecule has 1 unspecified atom stereocenters. The van der Waals surface area contributed by atoms with Crippen molar-refractivity contribution in [3.8, 4) is 0 Å². The van der Waals surface area contributed by atoms with Gasteiger partial charge in [0.2, 0.25) is 5.91 Å². The number of nitrogens with one attached hydrogen (secondary N) is 3. The molecule has 7 nitrogen and oxygen atoms in total. The van der Waals surface area contributed by atoms with Crippen LogP contribution < -0.4 is 10.6 Å². The highest BCUT2D eigenvalue weighted by Crippen LogP contribution is 2.17. The molecule has 142 valence electrons. The summed E-state index contributed by atoms with van der Waals surface area (Å²) in [5.74, 6) is -0.295. The zero-order chi connectivity index (χ0) is 18.6. The molecule has 2 aliphatic rings. The molecule has 4 rings (SSSR count). The number of carbonyl (C=O) groups excluding carboxylic acids is 2. The van der Waals surface area contributed by atoms with Crippen LogP contribution in [-0.2, 0) is 24.2 Å². The lowest BCUT2D eigenvalue weighted by Gasteiger charge is -2.24. The van der Waals surface area contributed by atoms with E-state index in [9.17, 15) is 9.59 Å². The second kappa shape index (κ2) is 7.92. The lowest BCUT2D eigenvalue weighted by molar-refractivity contribution is -0.132. The molecule has 3 N–H and O–H groups in total. The molecule has 1 aromatic heterocycles. The Bertz CT molecular complexity index is 811. The van der Waals surface area contributed by atoms with E-state index >= 15 is 0 Å². The molecule has 3 heterocycles. The summed E-state index contributed by atoms with van der Waals surface area (Å²) in [4.78, 5) is 27.8. The Balaban J connectivity index is 1.53. The van der Waals surface area contributed by atoms with E-state index in [2.05, 4.69) is 20.8 Å². The number of likely N-dealkylation sites (tertiary alicyclic amines) is 1. The molecule has 2 aliphatic heterocycles. The van der Waals surface area contributed by atoms with Crippen LogP contribution in [0.15, 0.2) is 30.3 Å². The number of hydrogen-bond acceptors (Lipinski definition) is 4. The van der Waals surface area contributed by atoms with E-state index in [0.29, 0.717) is 18.7 Å². The highest BCUT2D eigenvalue weighted by atomic mass is 16.2. The molecule has 27 heavy (non-hydrogen) atoms. The van der Waals surface area contributed by atoms with Gasteiger partial charge in [-0.3, -0.25) is 14.7 Å². The van der Waals surface area contributed by atoms with Gasteiger partial charge in [-0.15, -0.1) is 0 Å². The van der Waals surface area contributed by atoms with Gasteiger partial charge < -0.3 is 15.5 Å². The highest BCUT2D eigenvalue weighted by molar-refractivity contribution is 5.97. The fourth-order valence-corrected chi connectivity index (χ4v) is 3.85. The molecule has 0 spiro atoms. The van der Waals surface area contributed by atoms with Gasteiger partial charge in [-0.1, -0.05) is 30.3 Å². The van der Waals surface area contributed by atoms with Crippen LogP contribution in [-0.4, -0.2) is 52.6 Å². The third kappa shape index (κ3) is 3.88. The summed E-state index contributed by atoms with van der Waals surface area (Å²) in [6.07, 6.45) is 3.36. The molecule has 0 radical (unpaired) electrons. The normalized spacial score (nSPS) is 17.4. The van der Waals surface area contributed by atoms with Gasteiger partial charge in [0.05, 0.1) is 0 Å². The zero-order valence-electron chi connectivity index (χ0n) is 15.3. The van der Waals surface area contributed by atoms with Crippen molar-refractivity contribution in [3.63, 3.8) is 0 Å². The van der Waals surface area contributed by atoms with E-state index in [1.54, 1.807) is 0 Å². The van der Waals surface area contributed by atoms with Gasteiger partial charge in [0.1, 0.15) is 6.04 Å². The maximum atomic E-state index is 13.0. The van der Waals surface area contributed by atoms with Gasteiger partial charge in [-0.25, -0.2) is 0 Å². The Morgan fingerprint density at radius 2 is 1.96 bits per heavy atom. The Labute approximate surface area is 158 Å². The summed E-state index contributed by atoms with van der Waals surface area (Å²) in [7, 11) is 0. The molecule has 0 aliphatic carbocycles. The molecule has 7 heteroatoms. The molecule has 2 aromatic rings. The number of nitrogens with zero attached hydrogens (tertiary/aromatic N) is 2. The van der Waals surface area contributed by atoms with Gasteiger partial charge in [0.25, 0.3) is 5.91 Å². The zero-order valence-corrected chi connectivity index (χ0v) is 15.3. The van der Waals surface area contributed by atoms with E-state index in [4.69, 9.17) is 0 Å². The largest absolute Gasteiger partial charge is 0.341 e. The van der Waals surface area contributed by atoms with Gasteiger partial charge in [-0.2, -0.15) is 5.10 Å². The van der Waals surface area contributed by atoms with Crippen molar-refractivity contribution in [2.75, 3.05) is 19.6 Å². The van der Waals surface area contributed by atoms with E-state index < -0.39 is 6.04 Å². The van der Waals surface area contributed by atoms with Crippen LogP contribution in [0.2, 0.25) is 0 Å². The topological polar surface area (TPSA) is 90.1 Å². The maximum Gasteiger partial charge on any atom is 0.272 e. The van der Waals surface area contributed by atoms with Crippen LogP contribution in [0.5, 0.6) is 0 Å². The van der Waals surface area contributed by atoms with Crippen LogP contribution in [0.3, 0.4) is 0 Å². The van der Waals surface area contributed by atoms with Crippen molar-refractivity contribution in [1.82, 2.24) is 25.7 Å². The van der Waals surface area contributed by atoms with Crippen molar-refractivity contribution < 1.29 is 9.59 Å². The second-order valence-corrected chi connectivity index (χ2v) is 7.20. The van der Waals surface area contributed by atoms with Crippen LogP contribution in [0.1, 0.15) is 40.2 Å². The number of benzene rings is 1. The number of fused-ring (bicyclic) bond motifs is 1. The molecule has 2 amide bonds. The molecule has 0 bridgehead atoms. The fraction of sp³-hybridized carbons (Fsp3) is 0.450. The Morgan fingerprint density at radius 1 is 1.19 bits per heavy atom. The summed E-state index contributed by atoms with van der Waals surface area (Å²) in [5.41, 5.74) is 3.33. The lowest BCUT2D eigenvalue weighted by atomic mass is 10.0. The van der Waals surface area contributed by atoms with Crippen LogP contribution in [0.25, 0.3) is 0 Å². The summed E-state index contributed by atoms with van der Waals surface area (Å²) >= 11 is 0. The van der Waals surface area contributed by atoms with Crippen molar-refractivity contribution in [2.24, 2.45) is 0 Å². The fourth-order valence-electron chi connectivity index (χ4n) is 3.85. The van der Waals surface area contributed by atoms with E-state index in [0.717, 1.165) is 55.7 Å². The Kier molecular flexibility index (Phi) is 5.20. The smallest absolute Gasteiger partial charge is 0.272 e. The summed E-state index contributed by atoms with van der Waals surface area (Å²) in [6, 6.07) is 9.23. The number of carbonyl (C=O) groups is 2. The minimum atomic E-state index is -0.582. The van der Waals surface area contributed by atoms with E-state index in [-0.39, 0.29) is 11.8 Å². The number of amides is 2. The minimum Gasteiger partial charge on any atom is -0.341 e. The van der Waals surface area contributed by atoms with E-state index in [1.807, 2.05) is 35.2 Å². The number of hydrogen-bond donors (Lipinski definition) is 3. The quantitative estimate of drug-likeness (QED) is 0.736. The van der Waals surface area contributed by atoms with Crippen molar-refractivity contribution in [3.05, 3.63) is 52.8 Å². The first-order chi connectivity index (χ1) is 13.2. The van der Waals surface area contributed by atoms with Crippen molar-refractivity contribution >= 4 is 11.8 Å². The van der Waals surface area contributed by atoms with Crippen LogP contribution in [0.4, 0.5) is 0 Å². The summed E-state index contributed by atoms with van der Waals surface area (Å²) < 4.78 is 0. The Morgan fingerprint density at radius 3 is 2.74 bits per heavy atom. The lowest BCUT2D eigenvalue weighted by Crippen LogP contribution is -2.49. The molecule has 1 saturated heterocycles. The summed E-state index contributed by atoms with van der Waals surface area (Å²) in [5, 5.41) is 13.4. The van der Waals surface area contributed by atoms with Gasteiger partial charge in [0.15, 0.2) is 5.69 Å². The monoisotopic (exact) mass is 367 g/mol. The summed E-state index contributed by atoms with van der Waals surface area (Å²) in [6.45, 7) is 3.03. The first-order valence-electron chi connectivity index (χ1n) is 9.63. The number of aromatic nitrogens is 2. The Hall–Kier alpha value is -2.67. The molecular formula is C20H25N5O2. The molecular weight excluding hydrogens is 342 g/mol. The number of aromatic amines is 1. The second-order valence-electron chi connectivity index (χ2n) is 7.20. The third-order valence-electron chi connectivity index (χ3n) is 5.33. The van der Waals surface area contributed by atoms with Crippen molar-refractivity contribution in [2.45, 2.75) is 38.3 Å². The van der Waals surface area contributed by atoms with Gasteiger partial charge >= 0.3 is 0 Å². The molecule has 1 aromatic carbocycles. The average molecular weight is 367 g/mol. The minimum absolute atomic E-state index is 0.00719. The molecule has 0 saturated carbocycles. The van der Waals surface area contributed by atoms with Gasteiger partial charge in [-0.05, 0) is 18.4 Å². The standard InChI is InChI=1S/C20H25N5O2/c26-19(18-15-13-21-9-8-16(15)23-24-18)22-17(12-14-6-2-1-3-7-14)20(27)25-10-4-5-11-25/h1-3,6-7,17,21H,4-5,8-13H2,(H,22,26)(H,23,24). The third-order valence-corrected chi connectivity index (χ3v) is 5.33. The SMILES string of the molecule is O=C(NC(Cc1ccccc1)C(=O)N1CCCC1)c1n[nH]c2c1CNCC2. The van der Waals surface area contributed by atoms with Gasteiger partial charge in [0, 0.05) is 50.3 Å². The number of rotatable bonds is 5. The van der Waals surface area contributed by atoms with E-state index in [1.165, 1.54) is 0 Å². The predicted molar refractivity (Wildman–Crippen MR) is 101 cm³/mol. The first kappa shape index (κ1) is 17.7. The highest BCUT2D eigenvalue weighted by Gasteiger charge is 2.30. The number of H-pyrrole nitrogens is 1. The average Bonchev–Trinajstić information content (AvgIpc) is 3.37. The van der Waals surface area contributed by atoms with Crippen LogP contribution in [0, 0.1) is 0 Å². The van der Waals surface area contributed by atoms with Crippen LogP contribution >= 0.6 is 0 Å². The van der Waals surface area contributed by atoms with Crippen molar-refractivity contribution in [1.29, 1.82) is 0 Å². The predicted octanol–water partition coefficient (Wildman–Crippen LogP) is 1.02. The molecule has 1 fully saturated rings. The maximum absolute atomic E-state index is 13.0.